The van der Waals surface area contributed by atoms with E-state index in [4.69, 9.17) is 16.7 Å². The molecule has 2 aromatic carbocycles. The summed E-state index contributed by atoms with van der Waals surface area (Å²) in [5.74, 6) is -1.65. The summed E-state index contributed by atoms with van der Waals surface area (Å²) >= 11 is 5.89. The van der Waals surface area contributed by atoms with Crippen LogP contribution in [0.5, 0.6) is 0 Å². The lowest BCUT2D eigenvalue weighted by Crippen LogP contribution is -2.17. The number of halogens is 1. The van der Waals surface area contributed by atoms with Gasteiger partial charge in [0.25, 0.3) is 0 Å². The number of carboxylic acids is 1. The predicted octanol–water partition coefficient (Wildman–Crippen LogP) is 5.88. The van der Waals surface area contributed by atoms with Crippen molar-refractivity contribution >= 4 is 40.5 Å². The second-order valence-electron chi connectivity index (χ2n) is 8.53. The highest BCUT2D eigenvalue weighted by molar-refractivity contribution is 6.30. The second-order valence-corrected chi connectivity index (χ2v) is 8.97. The van der Waals surface area contributed by atoms with Crippen molar-refractivity contribution in [1.82, 2.24) is 4.98 Å². The van der Waals surface area contributed by atoms with Crippen LogP contribution < -0.4 is 5.32 Å². The Hall–Kier alpha value is -3.77. The summed E-state index contributed by atoms with van der Waals surface area (Å²) in [5.41, 5.74) is 4.05. The van der Waals surface area contributed by atoms with Gasteiger partial charge in [0.2, 0.25) is 5.91 Å². The van der Waals surface area contributed by atoms with Gasteiger partial charge in [-0.05, 0) is 72.9 Å². The molecule has 1 aromatic heterocycles. The number of unbranched alkanes of at least 4 members (excludes halogenated alkanes) is 1. The molecule has 0 radical (unpaired) electrons. The van der Waals surface area contributed by atoms with Gasteiger partial charge in [0.15, 0.2) is 5.78 Å². The zero-order valence-electron chi connectivity index (χ0n) is 19.0. The van der Waals surface area contributed by atoms with Crippen molar-refractivity contribution in [3.8, 4) is 0 Å². The van der Waals surface area contributed by atoms with E-state index in [1.807, 2.05) is 42.5 Å². The van der Waals surface area contributed by atoms with Gasteiger partial charge >= 0.3 is 5.97 Å². The molecule has 0 bridgehead atoms. The van der Waals surface area contributed by atoms with Crippen LogP contribution in [-0.4, -0.2) is 27.8 Å². The molecule has 2 unspecified atom stereocenters. The van der Waals surface area contributed by atoms with E-state index in [2.05, 4.69) is 10.3 Å². The van der Waals surface area contributed by atoms with Gasteiger partial charge in [0.1, 0.15) is 0 Å². The van der Waals surface area contributed by atoms with E-state index in [0.29, 0.717) is 35.5 Å². The SMILES string of the molecule is O=C(O)CCCC=C(c1ccc(NC(=O)C2CC2C(=O)c2ccc(Cl)cc2)cc1)c1cccnc1. The summed E-state index contributed by atoms with van der Waals surface area (Å²) in [6, 6.07) is 18.0. The van der Waals surface area contributed by atoms with E-state index in [1.165, 1.54) is 0 Å². The number of carboxylic acid groups (broad SMARTS) is 1. The smallest absolute Gasteiger partial charge is 0.303 e. The van der Waals surface area contributed by atoms with Gasteiger partial charge in [-0.1, -0.05) is 35.9 Å². The monoisotopic (exact) mass is 488 g/mol. The summed E-state index contributed by atoms with van der Waals surface area (Å²) in [5, 5.41) is 12.4. The predicted molar refractivity (Wildman–Crippen MR) is 135 cm³/mol. The summed E-state index contributed by atoms with van der Waals surface area (Å²) in [6.07, 6.45) is 7.31. The summed E-state index contributed by atoms with van der Waals surface area (Å²) in [7, 11) is 0. The van der Waals surface area contributed by atoms with Crippen LogP contribution in [0.4, 0.5) is 5.69 Å². The first-order chi connectivity index (χ1) is 16.9. The standard InChI is InChI=1S/C28H25ClN2O4/c29-21-11-7-19(8-12-21)27(34)24-16-25(24)28(35)31-22-13-9-18(10-14-22)23(5-1-2-6-26(32)33)20-4-3-15-30-17-20/h3-5,7-15,17,24-25H,1-2,6,16H2,(H,31,35)(H,32,33). The van der Waals surface area contributed by atoms with Crippen molar-refractivity contribution in [2.24, 2.45) is 11.8 Å². The van der Waals surface area contributed by atoms with Gasteiger partial charge in [-0.25, -0.2) is 0 Å². The molecule has 35 heavy (non-hydrogen) atoms. The number of ketones is 1. The van der Waals surface area contributed by atoms with Crippen LogP contribution >= 0.6 is 11.6 Å². The Morgan fingerprint density at radius 2 is 1.69 bits per heavy atom. The van der Waals surface area contributed by atoms with Crippen molar-refractivity contribution in [2.45, 2.75) is 25.7 Å². The normalized spacial score (nSPS) is 17.0. The lowest BCUT2D eigenvalue weighted by atomic mass is 9.97. The number of nitrogens with zero attached hydrogens (tertiary/aromatic N) is 1. The number of benzene rings is 2. The fourth-order valence-electron chi connectivity index (χ4n) is 3.99. The van der Waals surface area contributed by atoms with Crippen LogP contribution in [-0.2, 0) is 9.59 Å². The van der Waals surface area contributed by atoms with Crippen molar-refractivity contribution in [1.29, 1.82) is 0 Å². The molecule has 3 aromatic rings. The number of aromatic nitrogens is 1. The van der Waals surface area contributed by atoms with Gasteiger partial charge in [-0.15, -0.1) is 0 Å². The molecular weight excluding hydrogens is 464 g/mol. The van der Waals surface area contributed by atoms with Gasteiger partial charge in [0, 0.05) is 52.5 Å². The molecule has 0 spiro atoms. The first-order valence-corrected chi connectivity index (χ1v) is 11.8. The minimum absolute atomic E-state index is 0.0358. The van der Waals surface area contributed by atoms with Crippen LogP contribution in [0.2, 0.25) is 5.02 Å². The van der Waals surface area contributed by atoms with Crippen LogP contribution in [0.15, 0.2) is 79.1 Å². The fraction of sp³-hybridized carbons (Fsp3) is 0.214. The molecular formula is C28H25ClN2O4. The number of carbonyl (C=O) groups is 3. The maximum Gasteiger partial charge on any atom is 0.303 e. The lowest BCUT2D eigenvalue weighted by molar-refractivity contribution is -0.137. The first-order valence-electron chi connectivity index (χ1n) is 11.5. The van der Waals surface area contributed by atoms with Gasteiger partial charge in [0.05, 0.1) is 0 Å². The van der Waals surface area contributed by atoms with E-state index in [9.17, 15) is 14.4 Å². The van der Waals surface area contributed by atoms with E-state index in [0.717, 1.165) is 16.7 Å². The zero-order chi connectivity index (χ0) is 24.8. The number of carbonyl (C=O) groups excluding carboxylic acids is 2. The van der Waals surface area contributed by atoms with Crippen molar-refractivity contribution in [3.63, 3.8) is 0 Å². The van der Waals surface area contributed by atoms with E-state index in [1.54, 1.807) is 36.7 Å². The Balaban J connectivity index is 1.40. The third-order valence-corrected chi connectivity index (χ3v) is 6.22. The number of aliphatic carboxylic acids is 1. The molecule has 1 amide bonds. The molecule has 2 atom stereocenters. The van der Waals surface area contributed by atoms with Gasteiger partial charge < -0.3 is 10.4 Å². The number of nitrogens with one attached hydrogen (secondary N) is 1. The highest BCUT2D eigenvalue weighted by atomic mass is 35.5. The topological polar surface area (TPSA) is 96.4 Å². The van der Waals surface area contributed by atoms with E-state index in [-0.39, 0.29) is 29.9 Å². The number of amides is 1. The molecule has 1 fully saturated rings. The number of pyridine rings is 1. The van der Waals surface area contributed by atoms with Crippen molar-refractivity contribution in [3.05, 3.63) is 101 Å². The van der Waals surface area contributed by atoms with Crippen LogP contribution in [0, 0.1) is 11.8 Å². The molecule has 2 N–H and O–H groups in total. The molecule has 4 rings (SSSR count). The number of hydrogen-bond donors (Lipinski definition) is 2. The third-order valence-electron chi connectivity index (χ3n) is 5.97. The van der Waals surface area contributed by atoms with E-state index < -0.39 is 5.97 Å². The minimum Gasteiger partial charge on any atom is -0.481 e. The summed E-state index contributed by atoms with van der Waals surface area (Å²) in [6.45, 7) is 0. The van der Waals surface area contributed by atoms with Crippen LogP contribution in [0.1, 0.15) is 47.2 Å². The van der Waals surface area contributed by atoms with Crippen LogP contribution in [0.25, 0.3) is 5.57 Å². The van der Waals surface area contributed by atoms with Crippen molar-refractivity contribution in [2.75, 3.05) is 5.32 Å². The Kier molecular flexibility index (Phi) is 7.73. The maximum atomic E-state index is 12.7. The molecule has 1 heterocycles. The second kappa shape index (κ2) is 11.1. The Bertz CT molecular complexity index is 1240. The third kappa shape index (κ3) is 6.43. The molecule has 178 valence electrons. The Morgan fingerprint density at radius 3 is 2.34 bits per heavy atom. The molecule has 7 heteroatoms. The number of anilines is 1. The minimum atomic E-state index is -0.811. The molecule has 0 saturated heterocycles. The Labute approximate surface area is 208 Å². The Morgan fingerprint density at radius 1 is 0.971 bits per heavy atom. The zero-order valence-corrected chi connectivity index (χ0v) is 19.7. The number of rotatable bonds is 10. The van der Waals surface area contributed by atoms with Crippen LogP contribution in [0.3, 0.4) is 0 Å². The summed E-state index contributed by atoms with van der Waals surface area (Å²) < 4.78 is 0. The fourth-order valence-corrected chi connectivity index (χ4v) is 4.12. The highest BCUT2D eigenvalue weighted by Gasteiger charge is 2.48. The number of Topliss-reactive ketones (excluding diaryl/α,β-unsaturated/α-hetero) is 1. The number of allylic oxidation sites excluding steroid dienone is 1. The number of hydrogen-bond acceptors (Lipinski definition) is 4. The quantitative estimate of drug-likeness (QED) is 0.274. The average Bonchev–Trinajstić information content (AvgIpc) is 3.66. The maximum absolute atomic E-state index is 12.7. The molecule has 1 aliphatic carbocycles. The summed E-state index contributed by atoms with van der Waals surface area (Å²) in [4.78, 5) is 40.3. The van der Waals surface area contributed by atoms with E-state index >= 15 is 0 Å². The highest BCUT2D eigenvalue weighted by Crippen LogP contribution is 2.42. The molecule has 1 saturated carbocycles. The van der Waals surface area contributed by atoms with Gasteiger partial charge in [-0.2, -0.15) is 0 Å². The molecule has 6 nitrogen and oxygen atoms in total. The molecule has 1 aliphatic rings. The largest absolute Gasteiger partial charge is 0.481 e. The van der Waals surface area contributed by atoms with Crippen molar-refractivity contribution < 1.29 is 19.5 Å². The molecule has 0 aliphatic heterocycles. The first kappa shape index (κ1) is 24.4. The average molecular weight is 489 g/mol. The lowest BCUT2D eigenvalue weighted by Gasteiger charge is -2.10. The van der Waals surface area contributed by atoms with Gasteiger partial charge in [-0.3, -0.25) is 19.4 Å².